The van der Waals surface area contributed by atoms with Crippen LogP contribution in [0.25, 0.3) is 11.0 Å². The van der Waals surface area contributed by atoms with Gasteiger partial charge in [0.2, 0.25) is 0 Å². The van der Waals surface area contributed by atoms with Gasteiger partial charge in [0.25, 0.3) is 5.56 Å². The molecule has 0 saturated carbocycles. The van der Waals surface area contributed by atoms with E-state index in [1.165, 1.54) is 6.33 Å². The molecule has 0 radical (unpaired) electrons. The summed E-state index contributed by atoms with van der Waals surface area (Å²) in [6.07, 6.45) is 3.00. The molecule has 0 bridgehead atoms. The lowest BCUT2D eigenvalue weighted by molar-refractivity contribution is 1.12. The summed E-state index contributed by atoms with van der Waals surface area (Å²) in [6.45, 7) is 0.647. The third kappa shape index (κ3) is 2.30. The van der Waals surface area contributed by atoms with Crippen LogP contribution in [0.2, 0.25) is 0 Å². The van der Waals surface area contributed by atoms with Crippen LogP contribution in [-0.4, -0.2) is 15.0 Å². The van der Waals surface area contributed by atoms with Crippen LogP contribution in [0.3, 0.4) is 0 Å². The summed E-state index contributed by atoms with van der Waals surface area (Å²) in [5.74, 6) is 0. The molecule has 3 rings (SSSR count). The number of anilines is 1. The fraction of sp³-hybridized carbons (Fsp3) is 0.0714. The largest absolute Gasteiger partial charge is 0.380 e. The minimum Gasteiger partial charge on any atom is -0.380 e. The molecule has 0 atom stereocenters. The summed E-state index contributed by atoms with van der Waals surface area (Å²) in [6, 6.07) is 11.8. The first-order valence-electron chi connectivity index (χ1n) is 5.95. The summed E-state index contributed by atoms with van der Waals surface area (Å²) >= 11 is 0. The van der Waals surface area contributed by atoms with E-state index in [9.17, 15) is 4.79 Å². The lowest BCUT2D eigenvalue weighted by Gasteiger charge is -2.08. The van der Waals surface area contributed by atoms with Crippen molar-refractivity contribution in [2.75, 3.05) is 5.32 Å². The predicted octanol–water partition coefficient (Wildman–Crippen LogP) is 1.93. The van der Waals surface area contributed by atoms with Crippen molar-refractivity contribution in [2.24, 2.45) is 0 Å². The molecule has 1 aromatic carbocycles. The third-order valence-electron chi connectivity index (χ3n) is 2.87. The van der Waals surface area contributed by atoms with Gasteiger partial charge in [0, 0.05) is 12.7 Å². The van der Waals surface area contributed by atoms with Crippen LogP contribution in [0.5, 0.6) is 0 Å². The van der Waals surface area contributed by atoms with Gasteiger partial charge in [-0.2, -0.15) is 0 Å². The molecule has 0 fully saturated rings. The lowest BCUT2D eigenvalue weighted by atomic mass is 10.2. The first kappa shape index (κ1) is 11.4. The normalized spacial score (nSPS) is 10.5. The molecule has 5 nitrogen and oxygen atoms in total. The van der Waals surface area contributed by atoms with E-state index in [2.05, 4.69) is 20.3 Å². The number of aromatic nitrogens is 3. The molecule has 0 aliphatic carbocycles. The standard InChI is InChI=1S/C14H12N4O/c19-14-12-11(6-7-15-13(12)17-9-18-14)16-8-10-4-2-1-3-5-10/h1-7,9H,8H2,(H2,15,16,17,18,19). The summed E-state index contributed by atoms with van der Waals surface area (Å²) in [4.78, 5) is 22.5. The Bertz CT molecular complexity index is 747. The molecule has 2 heterocycles. The second-order valence-electron chi connectivity index (χ2n) is 4.13. The molecule has 5 heteroatoms. The van der Waals surface area contributed by atoms with Crippen LogP contribution in [0.15, 0.2) is 53.7 Å². The molecule has 0 aliphatic heterocycles. The molecule has 0 saturated heterocycles. The van der Waals surface area contributed by atoms with Crippen LogP contribution in [0, 0.1) is 0 Å². The van der Waals surface area contributed by atoms with Gasteiger partial charge < -0.3 is 10.3 Å². The monoisotopic (exact) mass is 252 g/mol. The Kier molecular flexibility index (Phi) is 2.94. The van der Waals surface area contributed by atoms with Gasteiger partial charge in [-0.15, -0.1) is 0 Å². The van der Waals surface area contributed by atoms with Crippen LogP contribution in [0.1, 0.15) is 5.56 Å². The van der Waals surface area contributed by atoms with Crippen molar-refractivity contribution in [2.45, 2.75) is 6.54 Å². The highest BCUT2D eigenvalue weighted by molar-refractivity contribution is 5.87. The minimum atomic E-state index is -0.186. The highest BCUT2D eigenvalue weighted by Gasteiger charge is 2.06. The van der Waals surface area contributed by atoms with E-state index >= 15 is 0 Å². The summed E-state index contributed by atoms with van der Waals surface area (Å²) in [5.41, 5.74) is 2.14. The number of nitrogens with one attached hydrogen (secondary N) is 2. The molecular formula is C14H12N4O. The first-order chi connectivity index (χ1) is 9.34. The zero-order chi connectivity index (χ0) is 13.1. The molecule has 3 aromatic rings. The van der Waals surface area contributed by atoms with E-state index in [-0.39, 0.29) is 5.56 Å². The molecule has 0 aliphatic rings. The molecule has 0 spiro atoms. The highest BCUT2D eigenvalue weighted by Crippen LogP contribution is 2.16. The van der Waals surface area contributed by atoms with Gasteiger partial charge in [-0.25, -0.2) is 9.97 Å². The van der Waals surface area contributed by atoms with Gasteiger partial charge in [-0.1, -0.05) is 30.3 Å². The van der Waals surface area contributed by atoms with E-state index in [1.807, 2.05) is 30.3 Å². The van der Waals surface area contributed by atoms with Gasteiger partial charge in [0.15, 0.2) is 5.65 Å². The molecule has 2 N–H and O–H groups in total. The van der Waals surface area contributed by atoms with Crippen molar-refractivity contribution in [3.05, 3.63) is 64.8 Å². The number of pyridine rings is 1. The van der Waals surface area contributed by atoms with Gasteiger partial charge in [0.1, 0.15) is 5.39 Å². The number of rotatable bonds is 3. The zero-order valence-corrected chi connectivity index (χ0v) is 10.1. The van der Waals surface area contributed by atoms with Gasteiger partial charge in [-0.05, 0) is 11.6 Å². The second-order valence-corrected chi connectivity index (χ2v) is 4.13. The Morgan fingerprint density at radius 1 is 1.11 bits per heavy atom. The van der Waals surface area contributed by atoms with Crippen molar-refractivity contribution in [1.29, 1.82) is 0 Å². The Balaban J connectivity index is 1.95. The molecule has 2 aromatic heterocycles. The summed E-state index contributed by atoms with van der Waals surface area (Å²) in [5, 5.41) is 3.73. The van der Waals surface area contributed by atoms with E-state index in [0.717, 1.165) is 11.3 Å². The quantitative estimate of drug-likeness (QED) is 0.747. The average Bonchev–Trinajstić information content (AvgIpc) is 2.46. The highest BCUT2D eigenvalue weighted by atomic mass is 16.1. The van der Waals surface area contributed by atoms with Crippen LogP contribution in [0.4, 0.5) is 5.69 Å². The number of hydrogen-bond donors (Lipinski definition) is 2. The minimum absolute atomic E-state index is 0.186. The van der Waals surface area contributed by atoms with Crippen molar-refractivity contribution in [3.63, 3.8) is 0 Å². The van der Waals surface area contributed by atoms with Crippen LogP contribution in [-0.2, 0) is 6.54 Å². The Morgan fingerprint density at radius 2 is 1.95 bits per heavy atom. The third-order valence-corrected chi connectivity index (χ3v) is 2.87. The summed E-state index contributed by atoms with van der Waals surface area (Å²) < 4.78 is 0. The maximum Gasteiger partial charge on any atom is 0.262 e. The van der Waals surface area contributed by atoms with Gasteiger partial charge >= 0.3 is 0 Å². The second kappa shape index (κ2) is 4.89. The Morgan fingerprint density at radius 3 is 2.79 bits per heavy atom. The molecular weight excluding hydrogens is 240 g/mol. The van der Waals surface area contributed by atoms with Crippen molar-refractivity contribution >= 4 is 16.7 Å². The fourth-order valence-electron chi connectivity index (χ4n) is 1.94. The van der Waals surface area contributed by atoms with Crippen LogP contribution >= 0.6 is 0 Å². The molecule has 19 heavy (non-hydrogen) atoms. The van der Waals surface area contributed by atoms with Crippen LogP contribution < -0.4 is 10.9 Å². The van der Waals surface area contributed by atoms with Crippen molar-refractivity contribution in [3.8, 4) is 0 Å². The van der Waals surface area contributed by atoms with E-state index in [1.54, 1.807) is 12.3 Å². The predicted molar refractivity (Wildman–Crippen MR) is 73.9 cm³/mol. The van der Waals surface area contributed by atoms with E-state index < -0.39 is 0 Å². The van der Waals surface area contributed by atoms with Crippen molar-refractivity contribution in [1.82, 2.24) is 15.0 Å². The van der Waals surface area contributed by atoms with Gasteiger partial charge in [0.05, 0.1) is 12.0 Å². The summed E-state index contributed by atoms with van der Waals surface area (Å²) in [7, 11) is 0. The van der Waals surface area contributed by atoms with E-state index in [4.69, 9.17) is 0 Å². The Hall–Kier alpha value is -2.69. The number of fused-ring (bicyclic) bond motifs is 1. The maximum atomic E-state index is 11.8. The number of H-pyrrole nitrogens is 1. The SMILES string of the molecule is O=c1[nH]cnc2nccc(NCc3ccccc3)c12. The average molecular weight is 252 g/mol. The van der Waals surface area contributed by atoms with Gasteiger partial charge in [-0.3, -0.25) is 4.79 Å². The molecule has 94 valence electrons. The Labute approximate surface area is 109 Å². The smallest absolute Gasteiger partial charge is 0.262 e. The topological polar surface area (TPSA) is 70.7 Å². The number of aromatic amines is 1. The fourth-order valence-corrected chi connectivity index (χ4v) is 1.94. The maximum absolute atomic E-state index is 11.8. The number of benzene rings is 1. The zero-order valence-electron chi connectivity index (χ0n) is 10.1. The van der Waals surface area contributed by atoms with E-state index in [0.29, 0.717) is 17.6 Å². The molecule has 0 unspecified atom stereocenters. The first-order valence-corrected chi connectivity index (χ1v) is 5.95. The molecule has 0 amide bonds. The van der Waals surface area contributed by atoms with Crippen molar-refractivity contribution < 1.29 is 0 Å². The number of hydrogen-bond acceptors (Lipinski definition) is 4. The lowest BCUT2D eigenvalue weighted by Crippen LogP contribution is -2.11. The number of nitrogens with zero attached hydrogens (tertiary/aromatic N) is 2.